The molecule has 2 aromatic rings. The lowest BCUT2D eigenvalue weighted by atomic mass is 10.1. The first-order valence-corrected chi connectivity index (χ1v) is 7.00. The summed E-state index contributed by atoms with van der Waals surface area (Å²) < 4.78 is 5.67. The molecule has 1 heterocycles. The van der Waals surface area contributed by atoms with Crippen LogP contribution in [0.1, 0.15) is 22.2 Å². The van der Waals surface area contributed by atoms with Gasteiger partial charge >= 0.3 is 5.97 Å². The number of rotatable bonds is 6. The Morgan fingerprint density at radius 2 is 1.84 bits per heavy atom. The van der Waals surface area contributed by atoms with Crippen LogP contribution in [-0.4, -0.2) is 11.1 Å². The van der Waals surface area contributed by atoms with E-state index in [9.17, 15) is 4.79 Å². The maximum Gasteiger partial charge on any atom is 0.307 e. The van der Waals surface area contributed by atoms with E-state index in [2.05, 4.69) is 19.1 Å². The first kappa shape index (κ1) is 13.6. The number of hydrogen-bond donors (Lipinski definition) is 1. The SMILES string of the molecule is CCc1ccc(COc2ccc(CC(=O)O)cc2)s1. The van der Waals surface area contributed by atoms with Crippen molar-refractivity contribution in [2.45, 2.75) is 26.4 Å². The Balaban J connectivity index is 1.90. The zero-order valence-corrected chi connectivity index (χ0v) is 11.6. The molecular weight excluding hydrogens is 260 g/mol. The first-order valence-electron chi connectivity index (χ1n) is 6.18. The molecule has 0 bridgehead atoms. The number of aliphatic carboxylic acids is 1. The molecule has 3 nitrogen and oxygen atoms in total. The lowest BCUT2D eigenvalue weighted by molar-refractivity contribution is -0.136. The quantitative estimate of drug-likeness (QED) is 0.878. The molecule has 0 aliphatic carbocycles. The predicted molar refractivity (Wildman–Crippen MR) is 75.8 cm³/mol. The van der Waals surface area contributed by atoms with Crippen LogP contribution in [-0.2, 0) is 24.2 Å². The molecule has 1 aromatic carbocycles. The molecule has 1 N–H and O–H groups in total. The van der Waals surface area contributed by atoms with Crippen LogP contribution in [0.25, 0.3) is 0 Å². The lowest BCUT2D eigenvalue weighted by Crippen LogP contribution is -2.00. The van der Waals surface area contributed by atoms with E-state index in [0.29, 0.717) is 6.61 Å². The Morgan fingerprint density at radius 1 is 1.16 bits per heavy atom. The summed E-state index contributed by atoms with van der Waals surface area (Å²) in [6, 6.07) is 11.4. The van der Waals surface area contributed by atoms with Crippen molar-refractivity contribution in [3.8, 4) is 5.75 Å². The summed E-state index contributed by atoms with van der Waals surface area (Å²) in [5.41, 5.74) is 0.782. The number of ether oxygens (including phenoxy) is 1. The smallest absolute Gasteiger partial charge is 0.307 e. The highest BCUT2D eigenvalue weighted by Crippen LogP contribution is 2.20. The molecular formula is C15H16O3S. The van der Waals surface area contributed by atoms with Crippen LogP contribution in [0.15, 0.2) is 36.4 Å². The number of aryl methyl sites for hydroxylation is 1. The van der Waals surface area contributed by atoms with Crippen molar-refractivity contribution in [3.63, 3.8) is 0 Å². The molecule has 0 spiro atoms. The maximum absolute atomic E-state index is 10.6. The molecule has 0 saturated carbocycles. The standard InChI is InChI=1S/C15H16O3S/c1-2-13-7-8-14(19-13)10-18-12-5-3-11(4-6-12)9-15(16)17/h3-8H,2,9-10H2,1H3,(H,16,17). The highest BCUT2D eigenvalue weighted by atomic mass is 32.1. The summed E-state index contributed by atoms with van der Waals surface area (Å²) in [6.45, 7) is 2.70. The van der Waals surface area contributed by atoms with Gasteiger partial charge < -0.3 is 9.84 Å². The number of carboxylic acid groups (broad SMARTS) is 1. The Labute approximate surface area is 116 Å². The molecule has 0 amide bonds. The second-order valence-electron chi connectivity index (χ2n) is 4.22. The molecule has 100 valence electrons. The van der Waals surface area contributed by atoms with Crippen LogP contribution in [0.5, 0.6) is 5.75 Å². The van der Waals surface area contributed by atoms with Gasteiger partial charge in [-0.1, -0.05) is 19.1 Å². The van der Waals surface area contributed by atoms with Gasteiger partial charge in [-0.15, -0.1) is 11.3 Å². The number of hydrogen-bond acceptors (Lipinski definition) is 3. The summed E-state index contributed by atoms with van der Waals surface area (Å²) in [7, 11) is 0. The van der Waals surface area contributed by atoms with E-state index in [4.69, 9.17) is 9.84 Å². The largest absolute Gasteiger partial charge is 0.488 e. The molecule has 2 rings (SSSR count). The van der Waals surface area contributed by atoms with Crippen LogP contribution in [0.3, 0.4) is 0 Å². The van der Waals surface area contributed by atoms with E-state index in [0.717, 1.165) is 17.7 Å². The highest BCUT2D eigenvalue weighted by Gasteiger charge is 2.02. The third kappa shape index (κ3) is 4.10. The van der Waals surface area contributed by atoms with Crippen molar-refractivity contribution in [2.24, 2.45) is 0 Å². The van der Waals surface area contributed by atoms with Gasteiger partial charge in [-0.2, -0.15) is 0 Å². The Morgan fingerprint density at radius 3 is 2.42 bits per heavy atom. The minimum atomic E-state index is -0.820. The van der Waals surface area contributed by atoms with Crippen LogP contribution < -0.4 is 4.74 Å². The van der Waals surface area contributed by atoms with E-state index in [1.54, 1.807) is 23.5 Å². The maximum atomic E-state index is 10.6. The van der Waals surface area contributed by atoms with Gasteiger partial charge in [0.25, 0.3) is 0 Å². The van der Waals surface area contributed by atoms with E-state index < -0.39 is 5.97 Å². The van der Waals surface area contributed by atoms with Crippen molar-refractivity contribution >= 4 is 17.3 Å². The third-order valence-electron chi connectivity index (χ3n) is 2.73. The summed E-state index contributed by atoms with van der Waals surface area (Å²) >= 11 is 1.76. The Bertz CT molecular complexity index is 543. The van der Waals surface area contributed by atoms with Gasteiger partial charge in [0.15, 0.2) is 0 Å². The summed E-state index contributed by atoms with van der Waals surface area (Å²) in [5.74, 6) is -0.0556. The minimum Gasteiger partial charge on any atom is -0.488 e. The number of carboxylic acids is 1. The molecule has 0 aliphatic heterocycles. The molecule has 4 heteroatoms. The predicted octanol–water partition coefficient (Wildman–Crippen LogP) is 3.52. The van der Waals surface area contributed by atoms with Gasteiger partial charge in [0.05, 0.1) is 6.42 Å². The van der Waals surface area contributed by atoms with Crippen molar-refractivity contribution in [1.29, 1.82) is 0 Å². The lowest BCUT2D eigenvalue weighted by Gasteiger charge is -2.05. The van der Waals surface area contributed by atoms with Gasteiger partial charge in [-0.3, -0.25) is 4.79 Å². The van der Waals surface area contributed by atoms with E-state index in [1.807, 2.05) is 12.1 Å². The summed E-state index contributed by atoms with van der Waals surface area (Å²) in [5, 5.41) is 8.68. The average Bonchev–Trinajstić information content (AvgIpc) is 2.85. The van der Waals surface area contributed by atoms with Crippen molar-refractivity contribution < 1.29 is 14.6 Å². The van der Waals surface area contributed by atoms with Gasteiger partial charge in [-0.05, 0) is 36.2 Å². The third-order valence-corrected chi connectivity index (χ3v) is 3.93. The second kappa shape index (κ2) is 6.38. The van der Waals surface area contributed by atoms with Crippen molar-refractivity contribution in [1.82, 2.24) is 0 Å². The van der Waals surface area contributed by atoms with Crippen LogP contribution in [0.4, 0.5) is 0 Å². The summed E-state index contributed by atoms with van der Waals surface area (Å²) in [4.78, 5) is 13.1. The van der Waals surface area contributed by atoms with E-state index >= 15 is 0 Å². The second-order valence-corrected chi connectivity index (χ2v) is 5.48. The molecule has 0 aliphatic rings. The average molecular weight is 276 g/mol. The fourth-order valence-corrected chi connectivity index (χ4v) is 2.59. The van der Waals surface area contributed by atoms with Gasteiger partial charge in [0.2, 0.25) is 0 Å². The van der Waals surface area contributed by atoms with Crippen LogP contribution >= 0.6 is 11.3 Å². The molecule has 0 unspecified atom stereocenters. The summed E-state index contributed by atoms with van der Waals surface area (Å²) in [6.07, 6.45) is 1.10. The zero-order chi connectivity index (χ0) is 13.7. The number of benzene rings is 1. The zero-order valence-electron chi connectivity index (χ0n) is 10.8. The minimum absolute atomic E-state index is 0.0467. The Kier molecular flexibility index (Phi) is 4.58. The number of thiophene rings is 1. The molecule has 0 atom stereocenters. The van der Waals surface area contributed by atoms with Crippen molar-refractivity contribution in [3.05, 3.63) is 51.7 Å². The fraction of sp³-hybridized carbons (Fsp3) is 0.267. The molecule has 19 heavy (non-hydrogen) atoms. The van der Waals surface area contributed by atoms with Crippen LogP contribution in [0.2, 0.25) is 0 Å². The van der Waals surface area contributed by atoms with Crippen molar-refractivity contribution in [2.75, 3.05) is 0 Å². The fourth-order valence-electron chi connectivity index (χ4n) is 1.72. The molecule has 0 fully saturated rings. The van der Waals surface area contributed by atoms with E-state index in [1.165, 1.54) is 9.75 Å². The number of carbonyl (C=O) groups is 1. The van der Waals surface area contributed by atoms with Gasteiger partial charge in [0.1, 0.15) is 12.4 Å². The molecule has 1 aromatic heterocycles. The first-order chi connectivity index (χ1) is 9.17. The molecule has 0 radical (unpaired) electrons. The monoisotopic (exact) mass is 276 g/mol. The normalized spacial score (nSPS) is 10.4. The topological polar surface area (TPSA) is 46.5 Å². The molecule has 0 saturated heterocycles. The van der Waals surface area contributed by atoms with Gasteiger partial charge in [-0.25, -0.2) is 0 Å². The Hall–Kier alpha value is -1.81. The van der Waals surface area contributed by atoms with Gasteiger partial charge in [0, 0.05) is 9.75 Å². The highest BCUT2D eigenvalue weighted by molar-refractivity contribution is 7.11. The van der Waals surface area contributed by atoms with Crippen LogP contribution in [0, 0.1) is 0 Å². The van der Waals surface area contributed by atoms with E-state index in [-0.39, 0.29) is 6.42 Å².